The Hall–Kier alpha value is -3.75. The van der Waals surface area contributed by atoms with Gasteiger partial charge >= 0.3 is 0 Å². The molecule has 3 aromatic heterocycles. The molecule has 4 aromatic rings. The Bertz CT molecular complexity index is 1320. The number of amides is 2. The van der Waals surface area contributed by atoms with Gasteiger partial charge in [0.05, 0.1) is 6.20 Å². The second-order valence-corrected chi connectivity index (χ2v) is 7.86. The van der Waals surface area contributed by atoms with Gasteiger partial charge in [0.1, 0.15) is 11.1 Å². The molecule has 0 bridgehead atoms. The van der Waals surface area contributed by atoms with E-state index in [2.05, 4.69) is 20.4 Å². The highest BCUT2D eigenvalue weighted by Crippen LogP contribution is 2.24. The van der Waals surface area contributed by atoms with Crippen LogP contribution in [0.15, 0.2) is 28.8 Å². The lowest BCUT2D eigenvalue weighted by Gasteiger charge is -2.11. The monoisotopic (exact) mass is 420 g/mol. The van der Waals surface area contributed by atoms with Gasteiger partial charge in [0.2, 0.25) is 5.91 Å². The number of hydrogen-bond donors (Lipinski definition) is 2. The number of hydrogen-bond acceptors (Lipinski definition) is 6. The van der Waals surface area contributed by atoms with E-state index in [0.29, 0.717) is 34.7 Å². The van der Waals surface area contributed by atoms with Crippen LogP contribution < -0.4 is 11.1 Å². The number of carbonyl (C=O) groups is 2. The number of nitrogens with two attached hydrogens (primary N) is 1. The second-order valence-electron chi connectivity index (χ2n) is 7.86. The van der Waals surface area contributed by atoms with Gasteiger partial charge in [-0.1, -0.05) is 13.8 Å². The van der Waals surface area contributed by atoms with Gasteiger partial charge in [-0.25, -0.2) is 14.5 Å². The summed E-state index contributed by atoms with van der Waals surface area (Å²) in [6.07, 6.45) is 2.17. The number of nitrogens with zero attached hydrogens (tertiary/aromatic N) is 4. The van der Waals surface area contributed by atoms with Gasteiger partial charge in [-0.05, 0) is 44.0 Å². The van der Waals surface area contributed by atoms with E-state index in [0.717, 1.165) is 17.0 Å². The van der Waals surface area contributed by atoms with Crippen molar-refractivity contribution in [2.75, 3.05) is 5.32 Å². The Balaban J connectivity index is 1.49. The number of carbonyl (C=O) groups excluding carboxylic acids is 2. The fraction of sp³-hybridized carbons (Fsp3) is 0.318. The van der Waals surface area contributed by atoms with Crippen LogP contribution in [0.2, 0.25) is 0 Å². The van der Waals surface area contributed by atoms with Crippen LogP contribution in [0, 0.1) is 13.8 Å². The number of anilines is 1. The third kappa shape index (κ3) is 3.86. The molecule has 0 aliphatic heterocycles. The fourth-order valence-corrected chi connectivity index (χ4v) is 3.58. The highest BCUT2D eigenvalue weighted by molar-refractivity contribution is 5.98. The van der Waals surface area contributed by atoms with Crippen LogP contribution in [-0.2, 0) is 11.2 Å². The van der Waals surface area contributed by atoms with E-state index in [1.54, 1.807) is 10.6 Å². The average Bonchev–Trinajstić information content (AvgIpc) is 3.31. The van der Waals surface area contributed by atoms with Gasteiger partial charge in [-0.15, -0.1) is 0 Å². The number of fused-ring (bicyclic) bond motifs is 2. The van der Waals surface area contributed by atoms with Crippen molar-refractivity contribution in [2.45, 2.75) is 46.5 Å². The summed E-state index contributed by atoms with van der Waals surface area (Å²) in [7, 11) is 0. The van der Waals surface area contributed by atoms with E-state index >= 15 is 0 Å². The maximum Gasteiger partial charge on any atom is 0.254 e. The fourth-order valence-electron chi connectivity index (χ4n) is 3.58. The van der Waals surface area contributed by atoms with E-state index in [4.69, 9.17) is 10.2 Å². The Labute approximate surface area is 178 Å². The van der Waals surface area contributed by atoms with Gasteiger partial charge in [-0.3, -0.25) is 9.59 Å². The highest BCUT2D eigenvalue weighted by Gasteiger charge is 2.17. The van der Waals surface area contributed by atoms with Crippen molar-refractivity contribution in [3.63, 3.8) is 0 Å². The minimum atomic E-state index is -0.571. The first-order valence-corrected chi connectivity index (χ1v) is 10.1. The number of aryl methyl sites for hydroxylation is 2. The summed E-state index contributed by atoms with van der Waals surface area (Å²) in [6.45, 7) is 7.77. The predicted octanol–water partition coefficient (Wildman–Crippen LogP) is 3.28. The molecule has 31 heavy (non-hydrogen) atoms. The van der Waals surface area contributed by atoms with Gasteiger partial charge in [0.25, 0.3) is 5.91 Å². The number of oxazole rings is 1. The Morgan fingerprint density at radius 1 is 1.23 bits per heavy atom. The standard InChI is InChI=1S/C22H24N6O3/c1-11(2)22-27-17-9-14(5-7-18(17)31-22)26-19(29)8-6-15-12(3)25-21-16(20(23)30)10-24-28(21)13(15)4/h5,7,9-11H,6,8H2,1-4H3,(H2,23,30)(H,26,29). The average molecular weight is 420 g/mol. The van der Waals surface area contributed by atoms with Crippen molar-refractivity contribution in [3.8, 4) is 0 Å². The smallest absolute Gasteiger partial charge is 0.254 e. The van der Waals surface area contributed by atoms with Crippen LogP contribution in [-0.4, -0.2) is 31.4 Å². The molecule has 4 rings (SSSR count). The summed E-state index contributed by atoms with van der Waals surface area (Å²) >= 11 is 0. The van der Waals surface area contributed by atoms with Crippen molar-refractivity contribution >= 4 is 34.2 Å². The first kappa shape index (κ1) is 20.5. The van der Waals surface area contributed by atoms with E-state index in [1.807, 2.05) is 39.8 Å². The molecule has 0 radical (unpaired) electrons. The Morgan fingerprint density at radius 2 is 2.00 bits per heavy atom. The molecular weight excluding hydrogens is 396 g/mol. The second kappa shape index (κ2) is 7.82. The van der Waals surface area contributed by atoms with E-state index in [-0.39, 0.29) is 23.8 Å². The molecule has 0 atom stereocenters. The summed E-state index contributed by atoms with van der Waals surface area (Å²) < 4.78 is 7.29. The molecule has 0 saturated carbocycles. The molecule has 0 aliphatic rings. The van der Waals surface area contributed by atoms with Crippen LogP contribution >= 0.6 is 0 Å². The van der Waals surface area contributed by atoms with Crippen molar-refractivity contribution in [3.05, 3.63) is 52.8 Å². The van der Waals surface area contributed by atoms with Crippen molar-refractivity contribution in [1.82, 2.24) is 19.6 Å². The lowest BCUT2D eigenvalue weighted by molar-refractivity contribution is -0.116. The minimum absolute atomic E-state index is 0.121. The largest absolute Gasteiger partial charge is 0.440 e. The molecule has 1 aromatic carbocycles. The maximum atomic E-state index is 12.6. The molecular formula is C22H24N6O3. The van der Waals surface area contributed by atoms with Crippen molar-refractivity contribution in [1.29, 1.82) is 0 Å². The molecule has 9 heteroatoms. The molecule has 160 valence electrons. The number of nitrogens with one attached hydrogen (secondary N) is 1. The van der Waals surface area contributed by atoms with E-state index in [1.165, 1.54) is 6.20 Å². The zero-order valence-corrected chi connectivity index (χ0v) is 17.9. The zero-order valence-electron chi connectivity index (χ0n) is 17.9. The highest BCUT2D eigenvalue weighted by atomic mass is 16.3. The molecule has 0 fully saturated rings. The lowest BCUT2D eigenvalue weighted by atomic mass is 10.1. The number of benzene rings is 1. The van der Waals surface area contributed by atoms with E-state index in [9.17, 15) is 9.59 Å². The van der Waals surface area contributed by atoms with Crippen LogP contribution in [0.4, 0.5) is 5.69 Å². The van der Waals surface area contributed by atoms with Crippen molar-refractivity contribution < 1.29 is 14.0 Å². The molecule has 9 nitrogen and oxygen atoms in total. The molecule has 0 saturated heterocycles. The van der Waals surface area contributed by atoms with Crippen LogP contribution in [0.25, 0.3) is 16.7 Å². The van der Waals surface area contributed by atoms with Crippen molar-refractivity contribution in [2.24, 2.45) is 5.73 Å². The quantitative estimate of drug-likeness (QED) is 0.492. The Kier molecular flexibility index (Phi) is 5.18. The summed E-state index contributed by atoms with van der Waals surface area (Å²) in [5.41, 5.74) is 10.7. The summed E-state index contributed by atoms with van der Waals surface area (Å²) in [5.74, 6) is 0.171. The SMILES string of the molecule is Cc1nc2c(C(N)=O)cnn2c(C)c1CCC(=O)Nc1ccc2oc(C(C)C)nc2c1. The van der Waals surface area contributed by atoms with Gasteiger partial charge in [0.15, 0.2) is 17.1 Å². The van der Waals surface area contributed by atoms with Crippen LogP contribution in [0.3, 0.4) is 0 Å². The van der Waals surface area contributed by atoms with E-state index < -0.39 is 5.91 Å². The van der Waals surface area contributed by atoms with Gasteiger partial charge in [0, 0.05) is 29.4 Å². The summed E-state index contributed by atoms with van der Waals surface area (Å²) in [4.78, 5) is 33.1. The molecule has 3 N–H and O–H groups in total. The molecule has 3 heterocycles. The Morgan fingerprint density at radius 3 is 2.71 bits per heavy atom. The topological polar surface area (TPSA) is 128 Å². The number of aromatic nitrogens is 4. The molecule has 0 unspecified atom stereocenters. The molecule has 0 spiro atoms. The molecule has 2 amide bonds. The predicted molar refractivity (Wildman–Crippen MR) is 116 cm³/mol. The zero-order chi connectivity index (χ0) is 22.3. The summed E-state index contributed by atoms with van der Waals surface area (Å²) in [5, 5.41) is 7.13. The maximum absolute atomic E-state index is 12.6. The van der Waals surface area contributed by atoms with Gasteiger partial charge < -0.3 is 15.5 Å². The number of primary amides is 1. The number of rotatable bonds is 6. The van der Waals surface area contributed by atoms with Crippen LogP contribution in [0.1, 0.15) is 59.4 Å². The minimum Gasteiger partial charge on any atom is -0.440 e. The lowest BCUT2D eigenvalue weighted by Crippen LogP contribution is -2.15. The van der Waals surface area contributed by atoms with Crippen LogP contribution in [0.5, 0.6) is 0 Å². The summed E-state index contributed by atoms with van der Waals surface area (Å²) in [6, 6.07) is 5.42. The van der Waals surface area contributed by atoms with Gasteiger partial charge in [-0.2, -0.15) is 5.10 Å². The molecule has 0 aliphatic carbocycles. The normalized spacial score (nSPS) is 11.5. The third-order valence-electron chi connectivity index (χ3n) is 5.26. The first-order valence-electron chi connectivity index (χ1n) is 10.1. The first-order chi connectivity index (χ1) is 14.7. The third-order valence-corrected chi connectivity index (χ3v) is 5.26.